The van der Waals surface area contributed by atoms with Crippen molar-refractivity contribution >= 4 is 29.2 Å². The molecule has 0 aliphatic carbocycles. The smallest absolute Gasteiger partial charge is 0.0816 e. The Morgan fingerprint density at radius 1 is 1.11 bits per heavy atom. The Labute approximate surface area is 112 Å². The molecule has 0 spiro atoms. The molecule has 0 aliphatic heterocycles. The lowest BCUT2D eigenvalue weighted by molar-refractivity contribution is 1.39. The molecular formula is C15H15ClN2. The lowest BCUT2D eigenvalue weighted by Crippen LogP contribution is -1.97. The first-order valence-corrected chi connectivity index (χ1v) is 6.16. The molecule has 0 amide bonds. The Kier molecular flexibility index (Phi) is 4.00. The van der Waals surface area contributed by atoms with Crippen LogP contribution in [0, 0.1) is 6.92 Å². The maximum Gasteiger partial charge on any atom is 0.0816 e. The van der Waals surface area contributed by atoms with Crippen LogP contribution in [-0.2, 0) is 0 Å². The van der Waals surface area contributed by atoms with E-state index in [2.05, 4.69) is 23.3 Å². The Balaban J connectivity index is 2.35. The molecule has 0 radical (unpaired) electrons. The van der Waals surface area contributed by atoms with E-state index in [1.54, 1.807) is 0 Å². The van der Waals surface area contributed by atoms with Crippen molar-refractivity contribution in [3.8, 4) is 0 Å². The van der Waals surface area contributed by atoms with Gasteiger partial charge in [-0.3, -0.25) is 4.99 Å². The highest BCUT2D eigenvalue weighted by Gasteiger charge is 2.01. The van der Waals surface area contributed by atoms with Gasteiger partial charge in [-0.1, -0.05) is 41.9 Å². The molecule has 2 rings (SSSR count). The third kappa shape index (κ3) is 2.71. The van der Waals surface area contributed by atoms with Crippen molar-refractivity contribution in [1.29, 1.82) is 0 Å². The third-order valence-electron chi connectivity index (χ3n) is 2.75. The summed E-state index contributed by atoms with van der Waals surface area (Å²) in [4.78, 5) is 4.43. The molecule has 0 heterocycles. The second-order valence-electron chi connectivity index (χ2n) is 4.00. The summed E-state index contributed by atoms with van der Waals surface area (Å²) in [6, 6.07) is 13.7. The first-order chi connectivity index (χ1) is 8.72. The summed E-state index contributed by atoms with van der Waals surface area (Å²) >= 11 is 6.07. The lowest BCUT2D eigenvalue weighted by Gasteiger charge is -2.08. The summed E-state index contributed by atoms with van der Waals surface area (Å²) in [5.41, 5.74) is 4.12. The first kappa shape index (κ1) is 12.7. The van der Waals surface area contributed by atoms with Gasteiger partial charge in [0, 0.05) is 24.5 Å². The van der Waals surface area contributed by atoms with E-state index < -0.39 is 0 Å². The van der Waals surface area contributed by atoms with Gasteiger partial charge in [0.2, 0.25) is 0 Å². The molecule has 2 aromatic carbocycles. The van der Waals surface area contributed by atoms with Crippen molar-refractivity contribution in [1.82, 2.24) is 0 Å². The maximum atomic E-state index is 6.07. The van der Waals surface area contributed by atoms with Crippen LogP contribution in [0.25, 0.3) is 0 Å². The van der Waals surface area contributed by atoms with Crippen LogP contribution < -0.4 is 5.32 Å². The largest absolute Gasteiger partial charge is 0.387 e. The number of hydrogen-bond donors (Lipinski definition) is 1. The van der Waals surface area contributed by atoms with E-state index in [0.717, 1.165) is 16.9 Å². The van der Waals surface area contributed by atoms with Crippen LogP contribution in [0.5, 0.6) is 0 Å². The Bertz CT molecular complexity index is 576. The highest BCUT2D eigenvalue weighted by Crippen LogP contribution is 2.24. The monoisotopic (exact) mass is 258 g/mol. The van der Waals surface area contributed by atoms with Gasteiger partial charge in [0.1, 0.15) is 0 Å². The molecule has 2 nitrogen and oxygen atoms in total. The van der Waals surface area contributed by atoms with E-state index in [1.165, 1.54) is 5.56 Å². The topological polar surface area (TPSA) is 24.4 Å². The summed E-state index contributed by atoms with van der Waals surface area (Å²) in [6.07, 6.45) is 1.83. The molecule has 1 N–H and O–H groups in total. The van der Waals surface area contributed by atoms with Gasteiger partial charge in [0.25, 0.3) is 0 Å². The molecule has 0 bridgehead atoms. The van der Waals surface area contributed by atoms with Crippen LogP contribution >= 0.6 is 11.6 Å². The molecule has 0 unspecified atom stereocenters. The molecule has 18 heavy (non-hydrogen) atoms. The number of nitrogens with one attached hydrogen (secondary N) is 1. The van der Waals surface area contributed by atoms with Crippen molar-refractivity contribution in [3.63, 3.8) is 0 Å². The maximum absolute atomic E-state index is 6.07. The van der Waals surface area contributed by atoms with Gasteiger partial charge in [-0.2, -0.15) is 0 Å². The van der Waals surface area contributed by atoms with Crippen LogP contribution in [0.2, 0.25) is 5.02 Å². The van der Waals surface area contributed by atoms with Gasteiger partial charge in [-0.25, -0.2) is 0 Å². The molecule has 0 saturated heterocycles. The van der Waals surface area contributed by atoms with Crippen LogP contribution in [0.15, 0.2) is 47.5 Å². The number of aliphatic imine (C=N–C) groups is 1. The van der Waals surface area contributed by atoms with Gasteiger partial charge < -0.3 is 5.32 Å². The summed E-state index contributed by atoms with van der Waals surface area (Å²) in [5, 5.41) is 3.85. The van der Waals surface area contributed by atoms with Crippen LogP contribution in [0.3, 0.4) is 0 Å². The summed E-state index contributed by atoms with van der Waals surface area (Å²) in [6.45, 7) is 2.07. The molecule has 0 fully saturated rings. The Morgan fingerprint density at radius 3 is 2.61 bits per heavy atom. The molecule has 3 heteroatoms. The third-order valence-corrected chi connectivity index (χ3v) is 3.07. The number of anilines is 1. The average molecular weight is 259 g/mol. The minimum atomic E-state index is 0.660. The quantitative estimate of drug-likeness (QED) is 0.809. The van der Waals surface area contributed by atoms with Gasteiger partial charge >= 0.3 is 0 Å². The van der Waals surface area contributed by atoms with Crippen LogP contribution in [0.4, 0.5) is 11.4 Å². The fourth-order valence-corrected chi connectivity index (χ4v) is 2.02. The molecular weight excluding hydrogens is 244 g/mol. The number of halogens is 1. The van der Waals surface area contributed by atoms with E-state index in [-0.39, 0.29) is 0 Å². The highest BCUT2D eigenvalue weighted by molar-refractivity contribution is 6.33. The zero-order chi connectivity index (χ0) is 13.0. The fraction of sp³-hybridized carbons (Fsp3) is 0.133. The number of benzene rings is 2. The first-order valence-electron chi connectivity index (χ1n) is 5.78. The standard InChI is InChI=1S/C15H15ClN2/c1-11-6-5-7-12(15(11)17-2)10-18-14-9-4-3-8-13(14)16/h3-10,17H,1-2H3. The minimum Gasteiger partial charge on any atom is -0.387 e. The van der Waals surface area contributed by atoms with E-state index in [9.17, 15) is 0 Å². The van der Waals surface area contributed by atoms with Gasteiger partial charge in [0.05, 0.1) is 10.7 Å². The van der Waals surface area contributed by atoms with Gasteiger partial charge in [0.15, 0.2) is 0 Å². The fourth-order valence-electron chi connectivity index (χ4n) is 1.84. The molecule has 0 aliphatic rings. The zero-order valence-corrected chi connectivity index (χ0v) is 11.2. The average Bonchev–Trinajstić information content (AvgIpc) is 2.38. The normalized spacial score (nSPS) is 10.8. The summed E-state index contributed by atoms with van der Waals surface area (Å²) < 4.78 is 0. The van der Waals surface area contributed by atoms with Crippen molar-refractivity contribution in [3.05, 3.63) is 58.6 Å². The molecule has 0 atom stereocenters. The lowest BCUT2D eigenvalue weighted by atomic mass is 10.1. The van der Waals surface area contributed by atoms with Crippen molar-refractivity contribution in [2.45, 2.75) is 6.92 Å². The Hall–Kier alpha value is -1.80. The molecule has 92 valence electrons. The number of nitrogens with zero attached hydrogens (tertiary/aromatic N) is 1. The van der Waals surface area contributed by atoms with E-state index in [0.29, 0.717) is 5.02 Å². The van der Waals surface area contributed by atoms with Crippen molar-refractivity contribution < 1.29 is 0 Å². The van der Waals surface area contributed by atoms with E-state index >= 15 is 0 Å². The van der Waals surface area contributed by atoms with Crippen molar-refractivity contribution in [2.24, 2.45) is 4.99 Å². The molecule has 2 aromatic rings. The summed E-state index contributed by atoms with van der Waals surface area (Å²) in [7, 11) is 1.91. The Morgan fingerprint density at radius 2 is 1.89 bits per heavy atom. The minimum absolute atomic E-state index is 0.660. The van der Waals surface area contributed by atoms with Crippen LogP contribution in [0.1, 0.15) is 11.1 Å². The van der Waals surface area contributed by atoms with Crippen molar-refractivity contribution in [2.75, 3.05) is 12.4 Å². The predicted octanol–water partition coefficient (Wildman–Crippen LogP) is 4.44. The second kappa shape index (κ2) is 5.69. The zero-order valence-electron chi connectivity index (χ0n) is 10.4. The van der Waals surface area contributed by atoms with Gasteiger partial charge in [-0.15, -0.1) is 0 Å². The molecule has 0 saturated carbocycles. The van der Waals surface area contributed by atoms with E-state index in [4.69, 9.17) is 11.6 Å². The highest BCUT2D eigenvalue weighted by atomic mass is 35.5. The number of rotatable bonds is 3. The second-order valence-corrected chi connectivity index (χ2v) is 4.41. The SMILES string of the molecule is CNc1c(C)cccc1C=Nc1ccccc1Cl. The number of hydrogen-bond acceptors (Lipinski definition) is 2. The van der Waals surface area contributed by atoms with Gasteiger partial charge in [-0.05, 0) is 24.6 Å². The number of aryl methyl sites for hydroxylation is 1. The predicted molar refractivity (Wildman–Crippen MR) is 79.4 cm³/mol. The number of para-hydroxylation sites is 2. The van der Waals surface area contributed by atoms with E-state index in [1.807, 2.05) is 49.7 Å². The van der Waals surface area contributed by atoms with Crippen LogP contribution in [-0.4, -0.2) is 13.3 Å². The summed E-state index contributed by atoms with van der Waals surface area (Å²) in [5.74, 6) is 0. The molecule has 0 aromatic heterocycles.